The van der Waals surface area contributed by atoms with Gasteiger partial charge in [-0.3, -0.25) is 9.79 Å². The topological polar surface area (TPSA) is 78.4 Å². The Bertz CT molecular complexity index is 542. The average Bonchev–Trinajstić information content (AvgIpc) is 2.87. The van der Waals surface area contributed by atoms with Crippen LogP contribution < -0.4 is 16.0 Å². The Morgan fingerprint density at radius 3 is 2.86 bits per heavy atom. The van der Waals surface area contributed by atoms with Gasteiger partial charge in [-0.1, -0.05) is 13.8 Å². The van der Waals surface area contributed by atoms with Crippen LogP contribution in [0.2, 0.25) is 0 Å². The van der Waals surface area contributed by atoms with E-state index in [-0.39, 0.29) is 11.9 Å². The molecule has 1 aliphatic heterocycles. The lowest BCUT2D eigenvalue weighted by Gasteiger charge is -2.25. The summed E-state index contributed by atoms with van der Waals surface area (Å²) in [7, 11) is 1.75. The number of rotatable bonds is 4. The zero-order chi connectivity index (χ0) is 16.1. The highest BCUT2D eigenvalue weighted by Gasteiger charge is 2.19. The van der Waals surface area contributed by atoms with E-state index in [1.165, 1.54) is 10.6 Å². The Morgan fingerprint density at radius 1 is 1.55 bits per heavy atom. The average molecular weight is 323 g/mol. The summed E-state index contributed by atoms with van der Waals surface area (Å²) in [6, 6.07) is 0.230. The van der Waals surface area contributed by atoms with Crippen molar-refractivity contribution in [2.75, 3.05) is 13.6 Å². The summed E-state index contributed by atoms with van der Waals surface area (Å²) in [5.74, 6) is 1.33. The number of carbonyl (C=O) groups is 1. The Hall–Kier alpha value is -1.63. The minimum atomic E-state index is 0.125. The van der Waals surface area contributed by atoms with Gasteiger partial charge in [-0.05, 0) is 19.3 Å². The van der Waals surface area contributed by atoms with Crippen molar-refractivity contribution in [1.29, 1.82) is 0 Å². The number of amides is 1. The predicted octanol–water partition coefficient (Wildman–Crippen LogP) is 1.52. The second kappa shape index (κ2) is 7.58. The number of hydrogen-bond donors (Lipinski definition) is 3. The molecule has 1 aromatic heterocycles. The highest BCUT2D eigenvalue weighted by molar-refractivity contribution is 7.11. The van der Waals surface area contributed by atoms with Crippen LogP contribution in [0.25, 0.3) is 0 Å². The molecule has 0 aliphatic carbocycles. The number of aromatic nitrogens is 1. The fourth-order valence-electron chi connectivity index (χ4n) is 2.48. The fourth-order valence-corrected chi connectivity index (χ4v) is 3.51. The van der Waals surface area contributed by atoms with Gasteiger partial charge < -0.3 is 16.0 Å². The van der Waals surface area contributed by atoms with Crippen molar-refractivity contribution in [1.82, 2.24) is 20.9 Å². The molecule has 0 aromatic carbocycles. The van der Waals surface area contributed by atoms with Gasteiger partial charge in [-0.15, -0.1) is 11.3 Å². The Morgan fingerprint density at radius 2 is 2.32 bits per heavy atom. The van der Waals surface area contributed by atoms with E-state index in [4.69, 9.17) is 0 Å². The maximum Gasteiger partial charge on any atom is 0.220 e. The van der Waals surface area contributed by atoms with Crippen molar-refractivity contribution in [2.45, 2.75) is 52.1 Å². The second-order valence-corrected chi connectivity index (χ2v) is 7.10. The van der Waals surface area contributed by atoms with E-state index in [1.807, 2.05) is 0 Å². The second-order valence-electron chi connectivity index (χ2n) is 5.81. The molecule has 3 N–H and O–H groups in total. The van der Waals surface area contributed by atoms with Crippen molar-refractivity contribution in [3.8, 4) is 0 Å². The first-order valence-corrected chi connectivity index (χ1v) is 8.51. The highest BCUT2D eigenvalue weighted by atomic mass is 32.1. The summed E-state index contributed by atoms with van der Waals surface area (Å²) in [5.41, 5.74) is 1.18. The summed E-state index contributed by atoms with van der Waals surface area (Å²) in [6.45, 7) is 7.76. The van der Waals surface area contributed by atoms with Crippen molar-refractivity contribution in [2.24, 2.45) is 4.99 Å². The number of thiazole rings is 1. The molecule has 1 aromatic rings. The van der Waals surface area contributed by atoms with Gasteiger partial charge in [0, 0.05) is 30.9 Å². The minimum Gasteiger partial charge on any atom is -0.354 e. The van der Waals surface area contributed by atoms with Crippen LogP contribution in [0.5, 0.6) is 0 Å². The van der Waals surface area contributed by atoms with Gasteiger partial charge in [0.25, 0.3) is 0 Å². The van der Waals surface area contributed by atoms with Crippen LogP contribution in [0, 0.1) is 6.92 Å². The third-order valence-electron chi connectivity index (χ3n) is 3.66. The largest absolute Gasteiger partial charge is 0.354 e. The van der Waals surface area contributed by atoms with Gasteiger partial charge in [-0.2, -0.15) is 0 Å². The van der Waals surface area contributed by atoms with Gasteiger partial charge in [0.2, 0.25) is 5.91 Å². The van der Waals surface area contributed by atoms with E-state index in [2.05, 4.69) is 46.7 Å². The van der Waals surface area contributed by atoms with E-state index < -0.39 is 0 Å². The van der Waals surface area contributed by atoms with Crippen molar-refractivity contribution < 1.29 is 4.79 Å². The lowest BCUT2D eigenvalue weighted by atomic mass is 10.1. The van der Waals surface area contributed by atoms with Crippen molar-refractivity contribution in [3.63, 3.8) is 0 Å². The molecule has 1 atom stereocenters. The predicted molar refractivity (Wildman–Crippen MR) is 90.3 cm³/mol. The van der Waals surface area contributed by atoms with Gasteiger partial charge in [-0.25, -0.2) is 4.98 Å². The lowest BCUT2D eigenvalue weighted by molar-refractivity contribution is -0.122. The van der Waals surface area contributed by atoms with Crippen LogP contribution in [-0.4, -0.2) is 36.5 Å². The normalized spacial score (nSPS) is 19.2. The molecule has 1 amide bonds. The van der Waals surface area contributed by atoms with E-state index in [0.717, 1.165) is 17.4 Å². The molecule has 122 valence electrons. The summed E-state index contributed by atoms with van der Waals surface area (Å²) in [6.07, 6.45) is 1.40. The van der Waals surface area contributed by atoms with Crippen LogP contribution in [0.1, 0.15) is 48.2 Å². The molecule has 0 spiro atoms. The van der Waals surface area contributed by atoms with E-state index in [1.54, 1.807) is 18.4 Å². The van der Waals surface area contributed by atoms with Crippen LogP contribution in [0.3, 0.4) is 0 Å². The van der Waals surface area contributed by atoms with Crippen molar-refractivity contribution >= 4 is 23.2 Å². The first-order chi connectivity index (χ1) is 10.5. The van der Waals surface area contributed by atoms with Crippen LogP contribution in [-0.2, 0) is 11.3 Å². The molecular weight excluding hydrogens is 298 g/mol. The Balaban J connectivity index is 1.86. The van der Waals surface area contributed by atoms with Crippen LogP contribution in [0.4, 0.5) is 0 Å². The van der Waals surface area contributed by atoms with Gasteiger partial charge in [0.1, 0.15) is 5.01 Å². The standard InChI is InChI=1S/C15H25N5OS/c1-9(2)14-10(3)22-13(20-14)8-18-15(16-4)19-11-5-6-12(21)17-7-11/h9,11H,5-8H2,1-4H3,(H,17,21)(H2,16,18,19). The molecule has 0 saturated carbocycles. The van der Waals surface area contributed by atoms with Crippen LogP contribution in [0.15, 0.2) is 4.99 Å². The number of nitrogens with one attached hydrogen (secondary N) is 3. The van der Waals surface area contributed by atoms with E-state index >= 15 is 0 Å². The van der Waals surface area contributed by atoms with Gasteiger partial charge in [0.05, 0.1) is 12.2 Å². The fraction of sp³-hybridized carbons (Fsp3) is 0.667. The molecule has 0 bridgehead atoms. The number of aliphatic imine (C=N–C) groups is 1. The number of nitrogens with zero attached hydrogens (tertiary/aromatic N) is 2. The molecule has 2 heterocycles. The van der Waals surface area contributed by atoms with Crippen molar-refractivity contribution in [3.05, 3.63) is 15.6 Å². The molecule has 0 radical (unpaired) electrons. The number of guanidine groups is 1. The number of carbonyl (C=O) groups excluding carboxylic acids is 1. The molecule has 1 fully saturated rings. The summed E-state index contributed by atoms with van der Waals surface area (Å²) in [5, 5.41) is 10.6. The number of aryl methyl sites for hydroxylation is 1. The Kier molecular flexibility index (Phi) is 5.76. The zero-order valence-electron chi connectivity index (χ0n) is 13.7. The summed E-state index contributed by atoms with van der Waals surface area (Å²) in [4.78, 5) is 21.4. The molecular formula is C15H25N5OS. The first kappa shape index (κ1) is 16.7. The third kappa shape index (κ3) is 4.43. The molecule has 2 rings (SSSR count). The Labute approximate surface area is 135 Å². The quantitative estimate of drug-likeness (QED) is 0.580. The van der Waals surface area contributed by atoms with Gasteiger partial charge in [0.15, 0.2) is 5.96 Å². The molecule has 7 heteroatoms. The maximum absolute atomic E-state index is 11.2. The summed E-state index contributed by atoms with van der Waals surface area (Å²) < 4.78 is 0. The molecule has 1 aliphatic rings. The first-order valence-electron chi connectivity index (χ1n) is 7.69. The number of piperidine rings is 1. The lowest BCUT2D eigenvalue weighted by Crippen LogP contribution is -2.51. The SMILES string of the molecule is CN=C(NCc1nc(C(C)C)c(C)s1)NC1CCC(=O)NC1. The van der Waals surface area contributed by atoms with Crippen LogP contribution >= 0.6 is 11.3 Å². The smallest absolute Gasteiger partial charge is 0.220 e. The molecule has 1 saturated heterocycles. The van der Waals surface area contributed by atoms with E-state index in [0.29, 0.717) is 25.4 Å². The van der Waals surface area contributed by atoms with E-state index in [9.17, 15) is 4.79 Å². The molecule has 6 nitrogen and oxygen atoms in total. The third-order valence-corrected chi connectivity index (χ3v) is 4.65. The highest BCUT2D eigenvalue weighted by Crippen LogP contribution is 2.23. The number of hydrogen-bond acceptors (Lipinski definition) is 4. The molecule has 22 heavy (non-hydrogen) atoms. The zero-order valence-corrected chi connectivity index (χ0v) is 14.5. The summed E-state index contributed by atoms with van der Waals surface area (Å²) >= 11 is 1.73. The minimum absolute atomic E-state index is 0.125. The van der Waals surface area contributed by atoms with Gasteiger partial charge >= 0.3 is 0 Å². The molecule has 1 unspecified atom stereocenters. The maximum atomic E-state index is 11.2. The monoisotopic (exact) mass is 323 g/mol.